The Bertz CT molecular complexity index is 1020. The molecule has 132 valence electrons. The van der Waals surface area contributed by atoms with Crippen molar-refractivity contribution in [1.82, 2.24) is 9.55 Å². The molecular formula is C17H11F2N3O4. The van der Waals surface area contributed by atoms with E-state index in [9.17, 15) is 23.7 Å². The summed E-state index contributed by atoms with van der Waals surface area (Å²) < 4.78 is 33.6. The van der Waals surface area contributed by atoms with Gasteiger partial charge in [0.05, 0.1) is 4.92 Å². The fourth-order valence-corrected chi connectivity index (χ4v) is 2.27. The van der Waals surface area contributed by atoms with Gasteiger partial charge in [-0.1, -0.05) is 0 Å². The van der Waals surface area contributed by atoms with E-state index in [0.717, 1.165) is 30.3 Å². The number of imidazole rings is 1. The zero-order chi connectivity index (χ0) is 18.8. The second-order valence-electron chi connectivity index (χ2n) is 5.31. The lowest BCUT2D eigenvalue weighted by molar-refractivity contribution is -0.385. The molecule has 0 bridgehead atoms. The Morgan fingerprint density at radius 1 is 1.19 bits per heavy atom. The Hall–Kier alpha value is -3.62. The van der Waals surface area contributed by atoms with E-state index in [1.165, 1.54) is 16.8 Å². The van der Waals surface area contributed by atoms with Crippen LogP contribution in [0.1, 0.15) is 16.2 Å². The second-order valence-corrected chi connectivity index (χ2v) is 5.31. The summed E-state index contributed by atoms with van der Waals surface area (Å²) in [7, 11) is 1.61. The van der Waals surface area contributed by atoms with Gasteiger partial charge < -0.3 is 9.30 Å². The fourth-order valence-electron chi connectivity index (χ4n) is 2.27. The largest absolute Gasteiger partial charge is 0.447 e. The second kappa shape index (κ2) is 6.71. The maximum Gasteiger partial charge on any atom is 0.312 e. The molecule has 0 radical (unpaired) electrons. The first-order valence-corrected chi connectivity index (χ1v) is 7.30. The van der Waals surface area contributed by atoms with Gasteiger partial charge in [0.15, 0.2) is 17.4 Å². The van der Waals surface area contributed by atoms with Crippen LogP contribution in [0.2, 0.25) is 0 Å². The first kappa shape index (κ1) is 17.2. The van der Waals surface area contributed by atoms with Gasteiger partial charge in [-0.3, -0.25) is 14.9 Å². The van der Waals surface area contributed by atoms with Crippen molar-refractivity contribution in [1.29, 1.82) is 0 Å². The number of ether oxygens (including phenoxy) is 1. The van der Waals surface area contributed by atoms with Crippen molar-refractivity contribution in [2.45, 2.75) is 0 Å². The summed E-state index contributed by atoms with van der Waals surface area (Å²) in [5, 5.41) is 11.3. The Balaban J connectivity index is 2.00. The molecule has 7 nitrogen and oxygen atoms in total. The first-order chi connectivity index (χ1) is 12.4. The lowest BCUT2D eigenvalue weighted by atomic mass is 10.1. The summed E-state index contributed by atoms with van der Waals surface area (Å²) in [5.74, 6) is -2.89. The molecule has 2 aromatic carbocycles. The van der Waals surface area contributed by atoms with Crippen molar-refractivity contribution < 1.29 is 23.2 Å². The van der Waals surface area contributed by atoms with E-state index in [1.807, 2.05) is 0 Å². The molecule has 0 aliphatic heterocycles. The highest BCUT2D eigenvalue weighted by Crippen LogP contribution is 2.34. The minimum atomic E-state index is -0.881. The average molecular weight is 359 g/mol. The van der Waals surface area contributed by atoms with E-state index in [2.05, 4.69) is 4.98 Å². The number of hydrogen-bond acceptors (Lipinski definition) is 5. The molecule has 0 fully saturated rings. The maximum atomic E-state index is 13.7. The Morgan fingerprint density at radius 3 is 2.62 bits per heavy atom. The number of aryl methyl sites for hydroxylation is 1. The van der Waals surface area contributed by atoms with Crippen molar-refractivity contribution in [2.24, 2.45) is 7.05 Å². The Labute approximate surface area is 145 Å². The topological polar surface area (TPSA) is 87.3 Å². The molecule has 0 aliphatic rings. The minimum absolute atomic E-state index is 0.0121. The summed E-state index contributed by atoms with van der Waals surface area (Å²) in [6, 6.07) is 5.95. The Morgan fingerprint density at radius 2 is 1.96 bits per heavy atom. The van der Waals surface area contributed by atoms with Crippen molar-refractivity contribution in [3.05, 3.63) is 81.9 Å². The number of aromatic nitrogens is 2. The number of benzene rings is 2. The lowest BCUT2D eigenvalue weighted by Gasteiger charge is -2.09. The van der Waals surface area contributed by atoms with Crippen LogP contribution in [-0.4, -0.2) is 20.3 Å². The van der Waals surface area contributed by atoms with Crippen LogP contribution in [-0.2, 0) is 7.05 Å². The van der Waals surface area contributed by atoms with Crippen molar-refractivity contribution in [3.63, 3.8) is 0 Å². The summed E-state index contributed by atoms with van der Waals surface area (Å²) in [4.78, 5) is 26.9. The number of nitrogens with zero attached hydrogens (tertiary/aromatic N) is 3. The normalized spacial score (nSPS) is 10.6. The van der Waals surface area contributed by atoms with Gasteiger partial charge in [0, 0.05) is 37.1 Å². The van der Waals surface area contributed by atoms with Crippen molar-refractivity contribution >= 4 is 11.5 Å². The van der Waals surface area contributed by atoms with E-state index in [-0.39, 0.29) is 17.1 Å². The highest BCUT2D eigenvalue weighted by molar-refractivity contribution is 6.07. The molecule has 1 heterocycles. The van der Waals surface area contributed by atoms with Gasteiger partial charge in [0.1, 0.15) is 5.82 Å². The molecule has 26 heavy (non-hydrogen) atoms. The molecular weight excluding hydrogens is 348 g/mol. The summed E-state index contributed by atoms with van der Waals surface area (Å²) in [6.45, 7) is 0. The van der Waals surface area contributed by atoms with Gasteiger partial charge in [-0.05, 0) is 24.3 Å². The summed E-state index contributed by atoms with van der Waals surface area (Å²) in [5.41, 5.74) is -0.549. The number of carbonyl (C=O) groups excluding carboxylic acids is 1. The van der Waals surface area contributed by atoms with Crippen LogP contribution < -0.4 is 4.74 Å². The first-order valence-electron chi connectivity index (χ1n) is 7.30. The number of nitro groups is 1. The molecule has 0 N–H and O–H groups in total. The van der Waals surface area contributed by atoms with E-state index in [4.69, 9.17) is 4.74 Å². The number of halogens is 2. The highest BCUT2D eigenvalue weighted by Gasteiger charge is 2.22. The number of rotatable bonds is 5. The summed E-state index contributed by atoms with van der Waals surface area (Å²) >= 11 is 0. The quantitative estimate of drug-likeness (QED) is 0.394. The fraction of sp³-hybridized carbons (Fsp3) is 0.0588. The van der Waals surface area contributed by atoms with Crippen molar-refractivity contribution in [2.75, 3.05) is 0 Å². The minimum Gasteiger partial charge on any atom is -0.447 e. The Kier molecular flexibility index (Phi) is 4.44. The van der Waals surface area contributed by atoms with E-state index >= 15 is 0 Å². The molecule has 9 heteroatoms. The molecule has 0 aliphatic carbocycles. The third-order valence-electron chi connectivity index (χ3n) is 3.56. The van der Waals surface area contributed by atoms with Crippen LogP contribution in [0.4, 0.5) is 14.5 Å². The summed E-state index contributed by atoms with van der Waals surface area (Å²) in [6.07, 6.45) is 2.98. The smallest absolute Gasteiger partial charge is 0.312 e. The predicted octanol–water partition coefficient (Wildman–Crippen LogP) is 3.63. The van der Waals surface area contributed by atoms with Crippen LogP contribution in [0.5, 0.6) is 11.5 Å². The molecule has 0 atom stereocenters. The molecule has 0 spiro atoms. The van der Waals surface area contributed by atoms with Gasteiger partial charge in [-0.15, -0.1) is 0 Å². The molecule has 0 amide bonds. The molecule has 0 saturated carbocycles. The standard InChI is InChI=1S/C17H11F2N3O4/c1-21-7-6-20-17(21)16(23)10-2-5-14(13(8-10)22(24)25)26-15-9-11(18)3-4-12(15)19/h2-9H,1H3. The average Bonchev–Trinajstić information content (AvgIpc) is 3.03. The SMILES string of the molecule is Cn1ccnc1C(=O)c1ccc(Oc2cc(F)ccc2F)c([N+](=O)[O-])c1. The maximum absolute atomic E-state index is 13.7. The molecule has 1 aromatic heterocycles. The number of carbonyl (C=O) groups is 1. The zero-order valence-corrected chi connectivity index (χ0v) is 13.3. The van der Waals surface area contributed by atoms with Gasteiger partial charge in [0.2, 0.25) is 11.5 Å². The van der Waals surface area contributed by atoms with E-state index in [0.29, 0.717) is 0 Å². The third kappa shape index (κ3) is 3.27. The van der Waals surface area contributed by atoms with Crippen LogP contribution in [0.15, 0.2) is 48.8 Å². The number of nitro benzene ring substituents is 1. The number of ketones is 1. The predicted molar refractivity (Wildman–Crippen MR) is 86.2 cm³/mol. The van der Waals surface area contributed by atoms with E-state index in [1.54, 1.807) is 13.2 Å². The molecule has 0 unspecified atom stereocenters. The van der Waals surface area contributed by atoms with Gasteiger partial charge in [-0.2, -0.15) is 0 Å². The molecule has 3 aromatic rings. The number of hydrogen-bond donors (Lipinski definition) is 0. The van der Waals surface area contributed by atoms with Crippen molar-refractivity contribution in [3.8, 4) is 11.5 Å². The monoisotopic (exact) mass is 359 g/mol. The van der Waals surface area contributed by atoms with Gasteiger partial charge >= 0.3 is 5.69 Å². The van der Waals surface area contributed by atoms with Gasteiger partial charge in [-0.25, -0.2) is 13.8 Å². The highest BCUT2D eigenvalue weighted by atomic mass is 19.1. The van der Waals surface area contributed by atoms with E-state index < -0.39 is 33.8 Å². The van der Waals surface area contributed by atoms with Crippen LogP contribution in [0.3, 0.4) is 0 Å². The zero-order valence-electron chi connectivity index (χ0n) is 13.3. The lowest BCUT2D eigenvalue weighted by Crippen LogP contribution is -2.09. The molecule has 3 rings (SSSR count). The third-order valence-corrected chi connectivity index (χ3v) is 3.56. The molecule has 0 saturated heterocycles. The van der Waals surface area contributed by atoms with Crippen LogP contribution in [0.25, 0.3) is 0 Å². The van der Waals surface area contributed by atoms with Crippen LogP contribution >= 0.6 is 0 Å². The van der Waals surface area contributed by atoms with Crippen LogP contribution in [0, 0.1) is 21.7 Å². The van der Waals surface area contributed by atoms with Gasteiger partial charge in [0.25, 0.3) is 0 Å².